The number of nitrogens with two attached hydrogens (primary N) is 2. The van der Waals surface area contributed by atoms with Gasteiger partial charge in [-0.1, -0.05) is 68.5 Å². The van der Waals surface area contributed by atoms with Gasteiger partial charge in [0.05, 0.1) is 10.6 Å². The largest absolute Gasteiger partial charge is 0.397 e. The number of ketones is 1. The first-order valence-electron chi connectivity index (χ1n) is 12.9. The van der Waals surface area contributed by atoms with E-state index in [0.29, 0.717) is 10.6 Å². The highest BCUT2D eigenvalue weighted by atomic mass is 32.1. The summed E-state index contributed by atoms with van der Waals surface area (Å²) in [6.07, 6.45) is 13.6. The maximum atomic E-state index is 11.2. The Bertz CT molecular complexity index is 1240. The van der Waals surface area contributed by atoms with Crippen LogP contribution in [-0.4, -0.2) is 17.8 Å². The summed E-state index contributed by atoms with van der Waals surface area (Å²) in [6.45, 7) is 3.79. The minimum Gasteiger partial charge on any atom is -0.397 e. The second-order valence-electron chi connectivity index (χ2n) is 9.32. The molecule has 1 aliphatic rings. The quantitative estimate of drug-likeness (QED) is 0.273. The highest BCUT2D eigenvalue weighted by molar-refractivity contribution is 7.21. The predicted molar refractivity (Wildman–Crippen MR) is 156 cm³/mol. The van der Waals surface area contributed by atoms with Crippen molar-refractivity contribution in [3.05, 3.63) is 83.0 Å². The Kier molecular flexibility index (Phi) is 10.6. The minimum atomic E-state index is 0.0405. The molecule has 0 spiro atoms. The SMILES string of the molecule is CC(=O)c1sc2ccccc2c1N.CN.Cc1ccc(-c2ccncc2)cc1CCC1CCCCC1. The molecule has 5 heteroatoms. The van der Waals surface area contributed by atoms with Crippen molar-refractivity contribution in [3.8, 4) is 11.1 Å². The summed E-state index contributed by atoms with van der Waals surface area (Å²) in [5, 5.41) is 0.984. The van der Waals surface area contributed by atoms with Crippen molar-refractivity contribution in [2.24, 2.45) is 11.7 Å². The third kappa shape index (κ3) is 7.25. The van der Waals surface area contributed by atoms with Gasteiger partial charge in [-0.15, -0.1) is 11.3 Å². The van der Waals surface area contributed by atoms with Gasteiger partial charge in [0.1, 0.15) is 0 Å². The van der Waals surface area contributed by atoms with Crippen LogP contribution in [0.5, 0.6) is 0 Å². The van der Waals surface area contributed by atoms with E-state index < -0.39 is 0 Å². The van der Waals surface area contributed by atoms with Crippen molar-refractivity contribution in [2.75, 3.05) is 12.8 Å². The van der Waals surface area contributed by atoms with Crippen LogP contribution in [-0.2, 0) is 6.42 Å². The molecule has 2 heterocycles. The number of pyridine rings is 1. The standard InChI is InChI=1S/C20H25N.C10H9NOS.CH5N/c1-16-7-9-20(18-11-13-21-14-12-18)15-19(16)10-8-17-5-3-2-4-6-17;1-6(12)10-9(11)7-4-2-3-5-8(7)13-10;1-2/h7,9,11-15,17H,2-6,8,10H2,1H3;2-5H,11H2,1H3;2H2,1H3. The molecule has 0 unspecified atom stereocenters. The van der Waals surface area contributed by atoms with Gasteiger partial charge in [-0.3, -0.25) is 9.78 Å². The molecule has 1 fully saturated rings. The first kappa shape index (κ1) is 27.6. The van der Waals surface area contributed by atoms with Gasteiger partial charge >= 0.3 is 0 Å². The van der Waals surface area contributed by atoms with Gasteiger partial charge in [0.25, 0.3) is 0 Å². The number of Topliss-reactive ketones (excluding diaryl/α,β-unsaturated/α-hetero) is 1. The van der Waals surface area contributed by atoms with E-state index in [1.165, 1.54) is 85.6 Å². The molecule has 1 aliphatic carbocycles. The Morgan fingerprint density at radius 3 is 2.33 bits per heavy atom. The normalized spacial score (nSPS) is 13.3. The molecular formula is C31H39N3OS. The Balaban J connectivity index is 0.000000206. The van der Waals surface area contributed by atoms with E-state index in [1.807, 2.05) is 36.7 Å². The van der Waals surface area contributed by atoms with Crippen molar-refractivity contribution >= 4 is 32.9 Å². The fraction of sp³-hybridized carbons (Fsp3) is 0.355. The smallest absolute Gasteiger partial charge is 0.171 e. The number of nitrogen functional groups attached to an aromatic ring is 1. The van der Waals surface area contributed by atoms with Crippen LogP contribution in [0.1, 0.15) is 66.2 Å². The number of thiophene rings is 1. The minimum absolute atomic E-state index is 0.0405. The lowest BCUT2D eigenvalue weighted by atomic mass is 9.84. The topological polar surface area (TPSA) is 82.0 Å². The highest BCUT2D eigenvalue weighted by Gasteiger charge is 2.14. The van der Waals surface area contributed by atoms with Crippen LogP contribution < -0.4 is 11.5 Å². The number of hydrogen-bond donors (Lipinski definition) is 2. The Morgan fingerprint density at radius 2 is 1.67 bits per heavy atom. The van der Waals surface area contributed by atoms with Crippen LogP contribution in [0, 0.1) is 12.8 Å². The number of fused-ring (bicyclic) bond motifs is 1. The van der Waals surface area contributed by atoms with Gasteiger partial charge in [0, 0.05) is 29.4 Å². The van der Waals surface area contributed by atoms with Crippen LogP contribution in [0.25, 0.3) is 21.2 Å². The van der Waals surface area contributed by atoms with Gasteiger partial charge in [0.2, 0.25) is 0 Å². The molecule has 5 rings (SSSR count). The van der Waals surface area contributed by atoms with Gasteiger partial charge in [-0.2, -0.15) is 0 Å². The average molecular weight is 502 g/mol. The molecule has 0 atom stereocenters. The van der Waals surface area contributed by atoms with E-state index in [2.05, 4.69) is 48.0 Å². The van der Waals surface area contributed by atoms with Crippen molar-refractivity contribution in [1.82, 2.24) is 4.98 Å². The lowest BCUT2D eigenvalue weighted by Crippen LogP contribution is -2.07. The number of anilines is 1. The van der Waals surface area contributed by atoms with E-state index >= 15 is 0 Å². The fourth-order valence-electron chi connectivity index (χ4n) is 4.83. The van der Waals surface area contributed by atoms with Crippen LogP contribution in [0.2, 0.25) is 0 Å². The van der Waals surface area contributed by atoms with Crippen LogP contribution in [0.4, 0.5) is 5.69 Å². The van der Waals surface area contributed by atoms with E-state index in [-0.39, 0.29) is 5.78 Å². The lowest BCUT2D eigenvalue weighted by molar-refractivity contribution is 0.102. The summed E-state index contributed by atoms with van der Waals surface area (Å²) in [5.41, 5.74) is 16.5. The zero-order valence-corrected chi connectivity index (χ0v) is 22.6. The average Bonchev–Trinajstić information content (AvgIpc) is 3.28. The second-order valence-corrected chi connectivity index (χ2v) is 10.4. The first-order chi connectivity index (χ1) is 17.5. The maximum absolute atomic E-state index is 11.2. The molecule has 4 aromatic rings. The van der Waals surface area contributed by atoms with Gasteiger partial charge < -0.3 is 11.5 Å². The first-order valence-corrected chi connectivity index (χ1v) is 13.7. The molecule has 0 aliphatic heterocycles. The molecule has 4 N–H and O–H groups in total. The van der Waals surface area contributed by atoms with Crippen molar-refractivity contribution in [2.45, 2.75) is 58.8 Å². The Labute approximate surface area is 219 Å². The zero-order valence-electron chi connectivity index (χ0n) is 21.8. The molecule has 0 saturated heterocycles. The molecule has 0 radical (unpaired) electrons. The number of aromatic nitrogens is 1. The predicted octanol–water partition coefficient (Wildman–Crippen LogP) is 7.83. The van der Waals surface area contributed by atoms with Crippen molar-refractivity contribution in [3.63, 3.8) is 0 Å². The summed E-state index contributed by atoms with van der Waals surface area (Å²) in [6, 6.07) is 18.9. The summed E-state index contributed by atoms with van der Waals surface area (Å²) >= 11 is 1.46. The number of nitrogens with zero attached hydrogens (tertiary/aromatic N) is 1. The monoisotopic (exact) mass is 501 g/mol. The van der Waals surface area contributed by atoms with Crippen molar-refractivity contribution in [1.29, 1.82) is 0 Å². The van der Waals surface area contributed by atoms with E-state index in [4.69, 9.17) is 5.73 Å². The van der Waals surface area contributed by atoms with Gasteiger partial charge in [-0.25, -0.2) is 0 Å². The molecule has 190 valence electrons. The van der Waals surface area contributed by atoms with Crippen LogP contribution in [0.3, 0.4) is 0 Å². The maximum Gasteiger partial charge on any atom is 0.171 e. The highest BCUT2D eigenvalue weighted by Crippen LogP contribution is 2.33. The number of benzene rings is 2. The number of carbonyl (C=O) groups is 1. The van der Waals surface area contributed by atoms with Crippen LogP contribution >= 0.6 is 11.3 Å². The number of aryl methyl sites for hydroxylation is 2. The molecule has 1 saturated carbocycles. The third-order valence-electron chi connectivity index (χ3n) is 6.86. The molecule has 4 nitrogen and oxygen atoms in total. The number of rotatable bonds is 5. The fourth-order valence-corrected chi connectivity index (χ4v) is 5.85. The number of hydrogen-bond acceptors (Lipinski definition) is 5. The Hall–Kier alpha value is -3.02. The molecule has 0 amide bonds. The van der Waals surface area contributed by atoms with Gasteiger partial charge in [0.15, 0.2) is 5.78 Å². The van der Waals surface area contributed by atoms with Gasteiger partial charge in [-0.05, 0) is 73.2 Å². The summed E-state index contributed by atoms with van der Waals surface area (Å²) < 4.78 is 1.07. The molecule has 2 aromatic heterocycles. The Morgan fingerprint density at radius 1 is 0.972 bits per heavy atom. The zero-order chi connectivity index (χ0) is 25.9. The lowest BCUT2D eigenvalue weighted by Gasteiger charge is -2.21. The van der Waals surface area contributed by atoms with E-state index in [1.54, 1.807) is 6.92 Å². The van der Waals surface area contributed by atoms with E-state index in [9.17, 15) is 4.79 Å². The molecular weight excluding hydrogens is 462 g/mol. The van der Waals surface area contributed by atoms with E-state index in [0.717, 1.165) is 16.0 Å². The molecule has 0 bridgehead atoms. The second kappa shape index (κ2) is 13.9. The molecule has 2 aromatic carbocycles. The summed E-state index contributed by atoms with van der Waals surface area (Å²) in [5.74, 6) is 1.00. The summed E-state index contributed by atoms with van der Waals surface area (Å²) in [4.78, 5) is 15.9. The molecule has 36 heavy (non-hydrogen) atoms. The number of carbonyl (C=O) groups excluding carboxylic acids is 1. The van der Waals surface area contributed by atoms with Crippen LogP contribution in [0.15, 0.2) is 67.0 Å². The summed E-state index contributed by atoms with van der Waals surface area (Å²) in [7, 11) is 1.50. The third-order valence-corrected chi connectivity index (χ3v) is 8.15. The van der Waals surface area contributed by atoms with Crippen molar-refractivity contribution < 1.29 is 4.79 Å².